The Hall–Kier alpha value is -2.33. The molecular weight excluding hydrogens is 717 g/mol. The molecule has 0 bridgehead atoms. The van der Waals surface area contributed by atoms with Crippen molar-refractivity contribution < 1.29 is 47.2 Å². The summed E-state index contributed by atoms with van der Waals surface area (Å²) in [6.45, 7) is 4.12. The van der Waals surface area contributed by atoms with Gasteiger partial charge in [0.1, 0.15) is 19.8 Å². The van der Waals surface area contributed by atoms with Gasteiger partial charge in [-0.15, -0.1) is 0 Å². The summed E-state index contributed by atoms with van der Waals surface area (Å²) in [6.07, 6.45) is 38.7. The Labute approximate surface area is 335 Å². The molecule has 0 spiro atoms. The van der Waals surface area contributed by atoms with Crippen molar-refractivity contribution in [3.63, 3.8) is 0 Å². The predicted octanol–water partition coefficient (Wildman–Crippen LogP) is 10.7. The molecule has 0 aromatic carbocycles. The summed E-state index contributed by atoms with van der Waals surface area (Å²) in [5, 5.41) is 10.3. The number of esters is 2. The number of aliphatic hydroxyl groups is 1. The molecule has 0 aromatic rings. The van der Waals surface area contributed by atoms with Gasteiger partial charge in [0.25, 0.3) is 0 Å². The fourth-order valence-electron chi connectivity index (χ4n) is 5.23. The van der Waals surface area contributed by atoms with Crippen LogP contribution >= 0.6 is 7.82 Å². The highest BCUT2D eigenvalue weighted by atomic mass is 31.2. The molecule has 0 aliphatic rings. The van der Waals surface area contributed by atoms with Crippen LogP contribution in [-0.4, -0.2) is 86.1 Å². The lowest BCUT2D eigenvalue weighted by Crippen LogP contribution is -2.37. The van der Waals surface area contributed by atoms with Crippen molar-refractivity contribution in [1.82, 2.24) is 0 Å². The van der Waals surface area contributed by atoms with Gasteiger partial charge >= 0.3 is 19.8 Å². The zero-order chi connectivity index (χ0) is 40.9. The van der Waals surface area contributed by atoms with Crippen molar-refractivity contribution in [2.24, 2.45) is 0 Å². The van der Waals surface area contributed by atoms with Gasteiger partial charge in [-0.1, -0.05) is 126 Å². The Kier molecular flexibility index (Phi) is 34.5. The molecule has 0 saturated carbocycles. The second-order valence-corrected chi connectivity index (χ2v) is 16.7. The van der Waals surface area contributed by atoms with E-state index < -0.39 is 38.6 Å². The van der Waals surface area contributed by atoms with Crippen LogP contribution in [0.1, 0.15) is 149 Å². The summed E-state index contributed by atoms with van der Waals surface area (Å²) in [6, 6.07) is 0. The lowest BCUT2D eigenvalue weighted by atomic mass is 10.1. The normalized spacial score (nSPS) is 14.8. The van der Waals surface area contributed by atoms with Crippen LogP contribution in [0.3, 0.4) is 0 Å². The first-order valence-electron chi connectivity index (χ1n) is 21.1. The maximum atomic E-state index is 12.7. The molecule has 3 atom stereocenters. The molecule has 0 aromatic heterocycles. The minimum Gasteiger partial charge on any atom is -0.462 e. The monoisotopic (exact) mass is 797 g/mol. The van der Waals surface area contributed by atoms with Gasteiger partial charge < -0.3 is 24.0 Å². The fraction of sp³-hybridized carbons (Fsp3) is 0.727. The minimum atomic E-state index is -4.43. The molecule has 10 nitrogen and oxygen atoms in total. The third-order valence-corrected chi connectivity index (χ3v) is 9.61. The highest BCUT2D eigenvalue weighted by molar-refractivity contribution is 7.47. The Bertz CT molecular complexity index is 1140. The van der Waals surface area contributed by atoms with Gasteiger partial charge in [0.2, 0.25) is 0 Å². The number of aliphatic hydroxyl groups excluding tert-OH is 1. The van der Waals surface area contributed by atoms with Gasteiger partial charge in [-0.05, 0) is 70.6 Å². The second-order valence-electron chi connectivity index (χ2n) is 15.2. The zero-order valence-electron chi connectivity index (χ0n) is 35.3. The topological polar surface area (TPSA) is 129 Å². The summed E-state index contributed by atoms with van der Waals surface area (Å²) >= 11 is 0. The number of hydrogen-bond acceptors (Lipinski definition) is 8. The van der Waals surface area contributed by atoms with Gasteiger partial charge in [-0.2, -0.15) is 0 Å². The number of allylic oxidation sites excluding steroid dienone is 9. The average molecular weight is 797 g/mol. The van der Waals surface area contributed by atoms with Crippen LogP contribution in [0.2, 0.25) is 0 Å². The molecule has 11 heteroatoms. The first-order valence-corrected chi connectivity index (χ1v) is 22.6. The van der Waals surface area contributed by atoms with Crippen molar-refractivity contribution in [3.05, 3.63) is 60.8 Å². The quantitative estimate of drug-likeness (QED) is 0.0158. The number of phosphoric acid groups is 1. The van der Waals surface area contributed by atoms with E-state index in [4.69, 9.17) is 18.5 Å². The lowest BCUT2D eigenvalue weighted by Gasteiger charge is -2.24. The van der Waals surface area contributed by atoms with E-state index in [0.29, 0.717) is 30.3 Å². The van der Waals surface area contributed by atoms with Crippen LogP contribution in [0.25, 0.3) is 0 Å². The first kappa shape index (κ1) is 52.7. The van der Waals surface area contributed by atoms with Gasteiger partial charge in [-0.3, -0.25) is 18.6 Å². The number of nitrogens with zero attached hydrogens (tertiary/aromatic N) is 1. The summed E-state index contributed by atoms with van der Waals surface area (Å²) in [5.41, 5.74) is 0. The van der Waals surface area contributed by atoms with Gasteiger partial charge in [0.15, 0.2) is 6.10 Å². The smallest absolute Gasteiger partial charge is 0.462 e. The summed E-state index contributed by atoms with van der Waals surface area (Å²) in [5.74, 6) is -1.02. The number of rotatable bonds is 37. The molecule has 0 heterocycles. The largest absolute Gasteiger partial charge is 0.472 e. The molecule has 318 valence electrons. The Morgan fingerprint density at radius 3 is 1.87 bits per heavy atom. The highest BCUT2D eigenvalue weighted by Gasteiger charge is 2.27. The van der Waals surface area contributed by atoms with Crippen LogP contribution in [0.15, 0.2) is 60.8 Å². The second kappa shape index (κ2) is 36.0. The minimum absolute atomic E-state index is 0.00667. The van der Waals surface area contributed by atoms with Crippen molar-refractivity contribution >= 4 is 19.8 Å². The SMILES string of the molecule is CCCCC/C=C\C/C=C\C/C=C\C=C\C(O)CCCC(=O)OC(COC(=O)CCCCCCC/C=C\CCCCCC)COP(=O)(O)OCC[N+](C)(C)C. The van der Waals surface area contributed by atoms with Crippen LogP contribution in [0.4, 0.5) is 0 Å². The number of carbonyl (C=O) groups is 2. The van der Waals surface area contributed by atoms with Crippen LogP contribution in [0.5, 0.6) is 0 Å². The Morgan fingerprint density at radius 1 is 0.655 bits per heavy atom. The summed E-state index contributed by atoms with van der Waals surface area (Å²) < 4.78 is 34.1. The molecule has 3 unspecified atom stereocenters. The first-order chi connectivity index (χ1) is 26.4. The van der Waals surface area contributed by atoms with E-state index in [1.807, 2.05) is 33.3 Å². The van der Waals surface area contributed by atoms with E-state index in [-0.39, 0.29) is 26.1 Å². The maximum absolute atomic E-state index is 12.7. The summed E-state index contributed by atoms with van der Waals surface area (Å²) in [4.78, 5) is 35.3. The van der Waals surface area contributed by atoms with Gasteiger partial charge in [0.05, 0.1) is 33.9 Å². The number of unbranched alkanes of at least 4 members (excludes halogenated alkanes) is 12. The number of phosphoric ester groups is 1. The third-order valence-electron chi connectivity index (χ3n) is 8.62. The fourth-order valence-corrected chi connectivity index (χ4v) is 5.97. The van der Waals surface area contributed by atoms with E-state index in [0.717, 1.165) is 57.8 Å². The Morgan fingerprint density at radius 2 is 1.20 bits per heavy atom. The van der Waals surface area contributed by atoms with E-state index in [1.165, 1.54) is 44.9 Å². The molecule has 2 N–H and O–H groups in total. The van der Waals surface area contributed by atoms with Crippen LogP contribution in [0, 0.1) is 0 Å². The molecule has 0 rings (SSSR count). The van der Waals surface area contributed by atoms with Crippen molar-refractivity contribution in [3.8, 4) is 0 Å². The van der Waals surface area contributed by atoms with Gasteiger partial charge in [0, 0.05) is 12.8 Å². The molecule has 0 amide bonds. The number of carbonyl (C=O) groups excluding carboxylic acids is 2. The van der Waals surface area contributed by atoms with E-state index in [2.05, 4.69) is 50.3 Å². The van der Waals surface area contributed by atoms with Gasteiger partial charge in [-0.25, -0.2) is 4.57 Å². The van der Waals surface area contributed by atoms with Crippen molar-refractivity contribution in [2.45, 2.75) is 161 Å². The zero-order valence-corrected chi connectivity index (χ0v) is 36.1. The van der Waals surface area contributed by atoms with Crippen LogP contribution < -0.4 is 0 Å². The standard InChI is InChI=1S/C44H78NO9P/c1-6-8-10-12-14-16-18-20-22-24-26-28-30-33-41(46)34-32-36-44(48)54-42(40-53-55(49,50)52-38-37-45(3,4)5)39-51-43(47)35-31-29-27-25-23-21-19-17-15-13-11-9-7-2/h14,16-17,19-20,22,26,28,30,33,41-42,46H,6-13,15,18,21,23-25,27,29,31-32,34-40H2,1-5H3/p+1/b16-14-,19-17-,22-20-,28-26-,33-30+. The number of hydrogen-bond donors (Lipinski definition) is 2. The van der Waals surface area contributed by atoms with Crippen molar-refractivity contribution in [2.75, 3.05) is 47.5 Å². The lowest BCUT2D eigenvalue weighted by molar-refractivity contribution is -0.870. The van der Waals surface area contributed by atoms with E-state index >= 15 is 0 Å². The summed E-state index contributed by atoms with van der Waals surface area (Å²) in [7, 11) is 1.35. The van der Waals surface area contributed by atoms with E-state index in [9.17, 15) is 24.2 Å². The highest BCUT2D eigenvalue weighted by Crippen LogP contribution is 2.43. The molecular formula is C44H79NO9P+. The molecule has 0 aliphatic carbocycles. The predicted molar refractivity (Wildman–Crippen MR) is 225 cm³/mol. The number of quaternary nitrogens is 1. The molecule has 0 saturated heterocycles. The molecule has 0 radical (unpaired) electrons. The number of ether oxygens (including phenoxy) is 2. The third kappa shape index (κ3) is 39.7. The molecule has 0 aliphatic heterocycles. The van der Waals surface area contributed by atoms with Crippen LogP contribution in [-0.2, 0) is 32.7 Å². The molecule has 0 fully saturated rings. The van der Waals surface area contributed by atoms with E-state index in [1.54, 1.807) is 12.2 Å². The molecule has 55 heavy (non-hydrogen) atoms. The number of likely N-dealkylation sites (N-methyl/N-ethyl adjacent to an activating group) is 1. The van der Waals surface area contributed by atoms with Crippen molar-refractivity contribution in [1.29, 1.82) is 0 Å². The Balaban J connectivity index is 4.63. The average Bonchev–Trinajstić information content (AvgIpc) is 3.12. The maximum Gasteiger partial charge on any atom is 0.472 e.